The highest BCUT2D eigenvalue weighted by Crippen LogP contribution is 2.19. The van der Waals surface area contributed by atoms with E-state index < -0.39 is 0 Å². The molecule has 0 fully saturated rings. The summed E-state index contributed by atoms with van der Waals surface area (Å²) in [6.45, 7) is 2.37. The average molecular weight is 319 g/mol. The number of nitrogens with zero attached hydrogens (tertiary/aromatic N) is 4. The number of aryl methyl sites for hydroxylation is 1. The van der Waals surface area contributed by atoms with E-state index in [-0.39, 0.29) is 5.91 Å². The third-order valence-corrected chi connectivity index (χ3v) is 3.53. The lowest BCUT2D eigenvalue weighted by molar-refractivity contribution is 0.0785. The zero-order valence-corrected chi connectivity index (χ0v) is 13.9. The van der Waals surface area contributed by atoms with Crippen LogP contribution in [0.4, 0.5) is 5.95 Å². The van der Waals surface area contributed by atoms with Crippen molar-refractivity contribution in [2.45, 2.75) is 13.5 Å². The van der Waals surface area contributed by atoms with Crippen LogP contribution >= 0.6 is 11.6 Å². The van der Waals surface area contributed by atoms with Gasteiger partial charge in [-0.2, -0.15) is 0 Å². The summed E-state index contributed by atoms with van der Waals surface area (Å²) in [5.74, 6) is 0.515. The predicted molar refractivity (Wildman–Crippen MR) is 88.3 cm³/mol. The maximum atomic E-state index is 12.4. The van der Waals surface area contributed by atoms with Gasteiger partial charge in [-0.1, -0.05) is 17.7 Å². The second kappa shape index (κ2) is 6.75. The van der Waals surface area contributed by atoms with Crippen LogP contribution in [0, 0.1) is 6.92 Å². The number of halogens is 1. The number of rotatable bonds is 4. The number of anilines is 1. The summed E-state index contributed by atoms with van der Waals surface area (Å²) in [4.78, 5) is 24.4. The van der Waals surface area contributed by atoms with Gasteiger partial charge in [-0.25, -0.2) is 9.97 Å². The zero-order valence-electron chi connectivity index (χ0n) is 13.2. The molecule has 22 heavy (non-hydrogen) atoms. The van der Waals surface area contributed by atoms with Crippen LogP contribution < -0.4 is 4.90 Å². The van der Waals surface area contributed by atoms with Gasteiger partial charge < -0.3 is 9.80 Å². The second-order valence-corrected chi connectivity index (χ2v) is 5.84. The summed E-state index contributed by atoms with van der Waals surface area (Å²) in [5.41, 5.74) is 2.39. The van der Waals surface area contributed by atoms with E-state index in [1.54, 1.807) is 36.5 Å². The largest absolute Gasteiger partial charge is 0.347 e. The summed E-state index contributed by atoms with van der Waals surface area (Å²) in [7, 11) is 5.49. The molecule has 0 bridgehead atoms. The summed E-state index contributed by atoms with van der Waals surface area (Å²) in [6.07, 6.45) is 3.45. The predicted octanol–water partition coefficient (Wildman–Crippen LogP) is 2.78. The van der Waals surface area contributed by atoms with Gasteiger partial charge in [0, 0.05) is 45.6 Å². The number of hydrogen-bond acceptors (Lipinski definition) is 4. The molecule has 0 aliphatic rings. The summed E-state index contributed by atoms with van der Waals surface area (Å²) >= 11 is 6.15. The molecule has 0 saturated carbocycles. The van der Waals surface area contributed by atoms with Gasteiger partial charge in [0.05, 0.1) is 10.6 Å². The minimum atomic E-state index is -0.123. The lowest BCUT2D eigenvalue weighted by atomic mass is 10.1. The molecule has 1 aromatic heterocycles. The number of aromatic nitrogens is 2. The molecule has 0 atom stereocenters. The highest BCUT2D eigenvalue weighted by atomic mass is 35.5. The van der Waals surface area contributed by atoms with E-state index in [4.69, 9.17) is 11.6 Å². The van der Waals surface area contributed by atoms with E-state index in [9.17, 15) is 4.79 Å². The first-order valence-electron chi connectivity index (χ1n) is 6.88. The third-order valence-electron chi connectivity index (χ3n) is 3.21. The van der Waals surface area contributed by atoms with Crippen molar-refractivity contribution in [3.05, 3.63) is 52.3 Å². The number of benzene rings is 1. The maximum absolute atomic E-state index is 12.4. The first-order chi connectivity index (χ1) is 10.4. The van der Waals surface area contributed by atoms with Crippen LogP contribution in [-0.2, 0) is 6.54 Å². The lowest BCUT2D eigenvalue weighted by Crippen LogP contribution is -2.26. The Hall–Kier alpha value is -2.14. The van der Waals surface area contributed by atoms with Crippen LogP contribution in [0.15, 0.2) is 30.6 Å². The normalized spacial score (nSPS) is 10.4. The molecule has 0 N–H and O–H groups in total. The highest BCUT2D eigenvalue weighted by molar-refractivity contribution is 6.33. The topological polar surface area (TPSA) is 49.3 Å². The van der Waals surface area contributed by atoms with Crippen molar-refractivity contribution in [1.29, 1.82) is 0 Å². The molecule has 0 spiro atoms. The Morgan fingerprint density at radius 3 is 2.36 bits per heavy atom. The number of hydrogen-bond donors (Lipinski definition) is 0. The van der Waals surface area contributed by atoms with Crippen LogP contribution in [0.2, 0.25) is 5.02 Å². The van der Waals surface area contributed by atoms with Gasteiger partial charge >= 0.3 is 0 Å². The van der Waals surface area contributed by atoms with Crippen molar-refractivity contribution in [3.8, 4) is 0 Å². The minimum Gasteiger partial charge on any atom is -0.347 e. The quantitative estimate of drug-likeness (QED) is 0.870. The molecule has 6 heteroatoms. The fourth-order valence-corrected chi connectivity index (χ4v) is 2.32. The van der Waals surface area contributed by atoms with Crippen molar-refractivity contribution < 1.29 is 4.79 Å². The van der Waals surface area contributed by atoms with E-state index >= 15 is 0 Å². The molecule has 116 valence electrons. The van der Waals surface area contributed by atoms with Crippen molar-refractivity contribution >= 4 is 23.5 Å². The van der Waals surface area contributed by atoms with Gasteiger partial charge in [0.1, 0.15) is 0 Å². The summed E-state index contributed by atoms with van der Waals surface area (Å²) in [5, 5.41) is 0.469. The van der Waals surface area contributed by atoms with Crippen molar-refractivity contribution in [1.82, 2.24) is 14.9 Å². The fourth-order valence-electron chi connectivity index (χ4n) is 2.01. The third kappa shape index (κ3) is 3.74. The Morgan fingerprint density at radius 1 is 1.18 bits per heavy atom. The van der Waals surface area contributed by atoms with Crippen LogP contribution in [0.1, 0.15) is 21.5 Å². The molecular weight excluding hydrogens is 300 g/mol. The van der Waals surface area contributed by atoms with Gasteiger partial charge in [-0.05, 0) is 24.6 Å². The molecule has 0 aliphatic carbocycles. The van der Waals surface area contributed by atoms with Gasteiger partial charge in [0.15, 0.2) is 0 Å². The molecule has 2 rings (SSSR count). The van der Waals surface area contributed by atoms with Crippen molar-refractivity contribution in [3.63, 3.8) is 0 Å². The maximum Gasteiger partial charge on any atom is 0.255 e. The van der Waals surface area contributed by atoms with Crippen molar-refractivity contribution in [2.75, 3.05) is 26.0 Å². The van der Waals surface area contributed by atoms with Gasteiger partial charge in [0.25, 0.3) is 5.91 Å². The molecular formula is C16H19ClN4O. The van der Waals surface area contributed by atoms with E-state index in [0.29, 0.717) is 23.1 Å². The van der Waals surface area contributed by atoms with Crippen LogP contribution in [-0.4, -0.2) is 41.9 Å². The molecule has 2 aromatic rings. The summed E-state index contributed by atoms with van der Waals surface area (Å²) < 4.78 is 0. The molecule has 0 radical (unpaired) electrons. The fraction of sp³-hybridized carbons (Fsp3) is 0.312. The lowest BCUT2D eigenvalue weighted by Gasteiger charge is -2.18. The van der Waals surface area contributed by atoms with E-state index in [1.165, 1.54) is 0 Å². The van der Waals surface area contributed by atoms with Gasteiger partial charge in [0.2, 0.25) is 5.95 Å². The molecule has 1 heterocycles. The number of carbonyl (C=O) groups is 1. The number of carbonyl (C=O) groups excluding carboxylic acids is 1. The molecule has 0 saturated heterocycles. The molecule has 0 aliphatic heterocycles. The van der Waals surface area contributed by atoms with Crippen LogP contribution in [0.25, 0.3) is 0 Å². The SMILES string of the molecule is Cc1ccc(C(=O)N(C)Cc2cnc(N(C)C)nc2)c(Cl)c1. The monoisotopic (exact) mass is 318 g/mol. The Kier molecular flexibility index (Phi) is 4.98. The number of amides is 1. The minimum absolute atomic E-state index is 0.123. The van der Waals surface area contributed by atoms with E-state index in [1.807, 2.05) is 32.0 Å². The molecule has 1 amide bonds. The Bertz CT molecular complexity index is 670. The Balaban J connectivity index is 2.11. The molecule has 5 nitrogen and oxygen atoms in total. The van der Waals surface area contributed by atoms with Gasteiger partial charge in [-0.15, -0.1) is 0 Å². The zero-order chi connectivity index (χ0) is 16.3. The standard InChI is InChI=1S/C16H19ClN4O/c1-11-5-6-13(14(17)7-11)15(22)21(4)10-12-8-18-16(19-9-12)20(2)3/h5-9H,10H2,1-4H3. The van der Waals surface area contributed by atoms with Crippen LogP contribution in [0.3, 0.4) is 0 Å². The average Bonchev–Trinajstić information content (AvgIpc) is 2.47. The van der Waals surface area contributed by atoms with E-state index in [0.717, 1.165) is 11.1 Å². The highest BCUT2D eigenvalue weighted by Gasteiger charge is 2.15. The molecule has 0 unspecified atom stereocenters. The van der Waals surface area contributed by atoms with E-state index in [2.05, 4.69) is 9.97 Å². The Morgan fingerprint density at radius 2 is 1.82 bits per heavy atom. The Labute approximate surface area is 135 Å². The van der Waals surface area contributed by atoms with Crippen LogP contribution in [0.5, 0.6) is 0 Å². The first-order valence-corrected chi connectivity index (χ1v) is 7.26. The van der Waals surface area contributed by atoms with Crippen molar-refractivity contribution in [2.24, 2.45) is 0 Å². The molecule has 1 aromatic carbocycles. The second-order valence-electron chi connectivity index (χ2n) is 5.43. The van der Waals surface area contributed by atoms with Gasteiger partial charge in [-0.3, -0.25) is 4.79 Å². The first kappa shape index (κ1) is 16.2. The summed E-state index contributed by atoms with van der Waals surface area (Å²) in [6, 6.07) is 5.42. The smallest absolute Gasteiger partial charge is 0.255 e.